The highest BCUT2D eigenvalue weighted by Gasteiger charge is 2.37. The molecule has 0 aliphatic heterocycles. The van der Waals surface area contributed by atoms with Crippen LogP contribution in [0.1, 0.15) is 37.0 Å². The number of aromatic nitrogens is 1. The highest BCUT2D eigenvalue weighted by atomic mass is 79.9. The number of benzene rings is 1. The van der Waals surface area contributed by atoms with Gasteiger partial charge in [0, 0.05) is 17.1 Å². The van der Waals surface area contributed by atoms with Crippen molar-refractivity contribution >= 4 is 65.0 Å². The van der Waals surface area contributed by atoms with Gasteiger partial charge >= 0.3 is 0 Å². The number of Topliss-reactive ketones (excluding diaryl/α,β-unsaturated/α-hetero) is 2. The number of thiazole rings is 1. The van der Waals surface area contributed by atoms with Crippen LogP contribution in [0.5, 0.6) is 5.75 Å². The molecule has 1 aliphatic carbocycles. The number of nitrogens with zero attached hydrogens (tertiary/aromatic N) is 1. The van der Waals surface area contributed by atoms with Gasteiger partial charge in [0.15, 0.2) is 11.5 Å². The molecule has 0 amide bonds. The molecule has 0 spiro atoms. The molecule has 0 saturated heterocycles. The van der Waals surface area contributed by atoms with Crippen LogP contribution in [-0.4, -0.2) is 22.3 Å². The summed E-state index contributed by atoms with van der Waals surface area (Å²) in [5, 5.41) is 2.71. The first-order valence-electron chi connectivity index (χ1n) is 7.89. The summed E-state index contributed by atoms with van der Waals surface area (Å²) in [5.41, 5.74) is 0.353. The second-order valence-corrected chi connectivity index (χ2v) is 8.27. The minimum absolute atomic E-state index is 0.0332. The number of halogens is 2. The molecule has 28 heavy (non-hydrogen) atoms. The molecule has 2 aromatic heterocycles. The van der Waals surface area contributed by atoms with E-state index in [4.69, 9.17) is 9.15 Å². The minimum atomic E-state index is -0.787. The Hall–Kier alpha value is -2.36. The van der Waals surface area contributed by atoms with Gasteiger partial charge in [0.2, 0.25) is 11.6 Å². The van der Waals surface area contributed by atoms with Gasteiger partial charge in [-0.25, -0.2) is 4.98 Å². The molecular weight excluding hydrogens is 514 g/mol. The fourth-order valence-electron chi connectivity index (χ4n) is 2.65. The number of rotatable bonds is 5. The number of ether oxygens (including phenoxy) is 1. The third-order valence-electron chi connectivity index (χ3n) is 4.02. The van der Waals surface area contributed by atoms with Crippen LogP contribution in [0.2, 0.25) is 0 Å². The zero-order valence-electron chi connectivity index (χ0n) is 13.9. The fraction of sp³-hybridized carbons (Fsp3) is 0.0526. The maximum Gasteiger partial charge on any atom is 0.241 e. The number of carbonyl (C=O) groups is 3. The summed E-state index contributed by atoms with van der Waals surface area (Å²) in [6, 6.07) is 6.50. The standard InChI is InChI=1S/C19H9Br2NO5S/c20-14-15(21)19-13(17(24)18(14)25)11(7-27-19)16(23)9-1-3-10(4-2-9)26-8-12-22-5-6-28-12/h1-7H,8H2. The molecule has 6 nitrogen and oxygen atoms in total. The van der Waals surface area contributed by atoms with Gasteiger partial charge < -0.3 is 9.15 Å². The normalized spacial score (nSPS) is 13.6. The van der Waals surface area contributed by atoms with Gasteiger partial charge in [-0.15, -0.1) is 11.3 Å². The molecule has 3 aromatic rings. The fourth-order valence-corrected chi connectivity index (χ4v) is 4.01. The molecule has 9 heteroatoms. The van der Waals surface area contributed by atoms with E-state index in [9.17, 15) is 14.4 Å². The molecule has 1 aliphatic rings. The zero-order chi connectivity index (χ0) is 19.8. The summed E-state index contributed by atoms with van der Waals surface area (Å²) in [6.45, 7) is 0.339. The summed E-state index contributed by atoms with van der Waals surface area (Å²) >= 11 is 7.76. The molecule has 2 heterocycles. The first-order chi connectivity index (χ1) is 13.5. The number of ketones is 3. The summed E-state index contributed by atoms with van der Waals surface area (Å²) in [5.74, 6) is -1.20. The zero-order valence-corrected chi connectivity index (χ0v) is 17.9. The van der Waals surface area contributed by atoms with E-state index in [1.807, 2.05) is 5.38 Å². The quantitative estimate of drug-likeness (QED) is 0.354. The van der Waals surface area contributed by atoms with Gasteiger partial charge in [0.05, 0.1) is 20.1 Å². The Morgan fingerprint density at radius 1 is 1.11 bits per heavy atom. The Kier molecular flexibility index (Phi) is 5.13. The SMILES string of the molecule is O=C1C(=O)c2c(C(=O)c3ccc(OCc4nccs4)cc3)coc2C(Br)=C1Br. The van der Waals surface area contributed by atoms with Crippen molar-refractivity contribution < 1.29 is 23.5 Å². The maximum atomic E-state index is 12.9. The number of fused-ring (bicyclic) bond motifs is 1. The van der Waals surface area contributed by atoms with Crippen LogP contribution in [0.15, 0.2) is 51.0 Å². The highest BCUT2D eigenvalue weighted by molar-refractivity contribution is 9.16. The molecule has 0 atom stereocenters. The largest absolute Gasteiger partial charge is 0.486 e. The molecule has 0 unspecified atom stereocenters. The first-order valence-corrected chi connectivity index (χ1v) is 10.4. The van der Waals surface area contributed by atoms with Crippen LogP contribution in [0, 0.1) is 0 Å². The second-order valence-electron chi connectivity index (χ2n) is 5.71. The van der Waals surface area contributed by atoms with E-state index in [0.717, 1.165) is 5.01 Å². The Morgan fingerprint density at radius 2 is 1.86 bits per heavy atom. The van der Waals surface area contributed by atoms with Crippen molar-refractivity contribution in [3.05, 3.63) is 74.0 Å². The molecule has 0 bridgehead atoms. The van der Waals surface area contributed by atoms with Gasteiger partial charge in [-0.2, -0.15) is 0 Å². The predicted molar refractivity (Wildman–Crippen MR) is 109 cm³/mol. The smallest absolute Gasteiger partial charge is 0.241 e. The molecule has 0 radical (unpaired) electrons. The number of hydrogen-bond donors (Lipinski definition) is 0. The van der Waals surface area contributed by atoms with Crippen molar-refractivity contribution in [1.29, 1.82) is 0 Å². The Morgan fingerprint density at radius 3 is 2.54 bits per heavy atom. The van der Waals surface area contributed by atoms with Crippen molar-refractivity contribution in [1.82, 2.24) is 4.98 Å². The lowest BCUT2D eigenvalue weighted by atomic mass is 9.94. The number of carbonyl (C=O) groups excluding carboxylic acids is 3. The molecule has 0 saturated carbocycles. The monoisotopic (exact) mass is 521 g/mol. The van der Waals surface area contributed by atoms with E-state index >= 15 is 0 Å². The lowest BCUT2D eigenvalue weighted by molar-refractivity contribution is -0.111. The lowest BCUT2D eigenvalue weighted by Gasteiger charge is -2.10. The van der Waals surface area contributed by atoms with Gasteiger partial charge in [0.25, 0.3) is 0 Å². The second kappa shape index (κ2) is 7.57. The Balaban J connectivity index is 1.58. The van der Waals surface area contributed by atoms with Crippen molar-refractivity contribution in [2.24, 2.45) is 0 Å². The predicted octanol–water partition coefficient (Wildman–Crippen LogP) is 4.77. The van der Waals surface area contributed by atoms with E-state index < -0.39 is 17.3 Å². The molecule has 0 fully saturated rings. The first kappa shape index (κ1) is 19.0. The molecular formula is C19H9Br2NO5S. The van der Waals surface area contributed by atoms with Crippen LogP contribution in [0.3, 0.4) is 0 Å². The molecule has 4 rings (SSSR count). The summed E-state index contributed by atoms with van der Waals surface area (Å²) in [7, 11) is 0. The van der Waals surface area contributed by atoms with Crippen LogP contribution in [0.4, 0.5) is 0 Å². The highest BCUT2D eigenvalue weighted by Crippen LogP contribution is 2.39. The summed E-state index contributed by atoms with van der Waals surface area (Å²) in [6.07, 6.45) is 2.90. The van der Waals surface area contributed by atoms with Crippen molar-refractivity contribution in [2.45, 2.75) is 6.61 Å². The number of furan rings is 1. The van der Waals surface area contributed by atoms with Crippen molar-refractivity contribution in [3.8, 4) is 5.75 Å². The minimum Gasteiger partial charge on any atom is -0.486 e. The van der Waals surface area contributed by atoms with Gasteiger partial charge in [-0.1, -0.05) is 0 Å². The van der Waals surface area contributed by atoms with Crippen LogP contribution in [-0.2, 0) is 11.4 Å². The number of hydrogen-bond acceptors (Lipinski definition) is 7. The van der Waals surface area contributed by atoms with Gasteiger partial charge in [0.1, 0.15) is 23.6 Å². The third-order valence-corrected chi connectivity index (χ3v) is 6.82. The van der Waals surface area contributed by atoms with Crippen LogP contribution >= 0.6 is 43.2 Å². The van der Waals surface area contributed by atoms with E-state index in [2.05, 4.69) is 36.8 Å². The van der Waals surface area contributed by atoms with Crippen LogP contribution < -0.4 is 4.74 Å². The molecule has 1 aromatic carbocycles. The van der Waals surface area contributed by atoms with Crippen LogP contribution in [0.25, 0.3) is 4.48 Å². The van der Waals surface area contributed by atoms with E-state index in [0.29, 0.717) is 22.4 Å². The summed E-state index contributed by atoms with van der Waals surface area (Å²) < 4.78 is 11.4. The van der Waals surface area contributed by atoms with E-state index in [1.165, 1.54) is 17.6 Å². The maximum absolute atomic E-state index is 12.9. The van der Waals surface area contributed by atoms with E-state index in [1.54, 1.807) is 30.5 Å². The Bertz CT molecular complexity index is 1130. The topological polar surface area (TPSA) is 86.5 Å². The van der Waals surface area contributed by atoms with E-state index in [-0.39, 0.29) is 21.4 Å². The summed E-state index contributed by atoms with van der Waals surface area (Å²) in [4.78, 5) is 41.4. The van der Waals surface area contributed by atoms with Gasteiger partial charge in [-0.05, 0) is 56.1 Å². The Labute approximate surface area is 179 Å². The van der Waals surface area contributed by atoms with Crippen molar-refractivity contribution in [3.63, 3.8) is 0 Å². The third kappa shape index (κ3) is 3.30. The number of allylic oxidation sites excluding steroid dienone is 1. The van der Waals surface area contributed by atoms with Crippen molar-refractivity contribution in [2.75, 3.05) is 0 Å². The average Bonchev–Trinajstić information content (AvgIpc) is 3.39. The molecule has 0 N–H and O–H groups in total. The average molecular weight is 523 g/mol. The molecule has 140 valence electrons. The lowest BCUT2D eigenvalue weighted by Crippen LogP contribution is -2.21. The van der Waals surface area contributed by atoms with Gasteiger partial charge in [-0.3, -0.25) is 14.4 Å².